The first kappa shape index (κ1) is 26.1. The average molecular weight is 524 g/mol. The number of thiazole rings is 1. The fourth-order valence-electron chi connectivity index (χ4n) is 3.39. The Morgan fingerprint density at radius 3 is 2.57 bits per heavy atom. The summed E-state index contributed by atoms with van der Waals surface area (Å²) in [7, 11) is 1.59. The molecule has 37 heavy (non-hydrogen) atoms. The van der Waals surface area contributed by atoms with Gasteiger partial charge in [-0.3, -0.25) is 10.1 Å². The normalized spacial score (nSPS) is 11.5. The van der Waals surface area contributed by atoms with E-state index in [1.165, 1.54) is 24.5 Å². The molecule has 0 fully saturated rings. The van der Waals surface area contributed by atoms with Crippen molar-refractivity contribution < 1.29 is 28.1 Å². The van der Waals surface area contributed by atoms with Crippen molar-refractivity contribution in [2.45, 2.75) is 19.4 Å². The first-order chi connectivity index (χ1) is 18.0. The Bertz CT molecular complexity index is 1300. The fourth-order valence-corrected chi connectivity index (χ4v) is 4.07. The Hall–Kier alpha value is -4.02. The number of methoxy groups -OCH3 is 1. The van der Waals surface area contributed by atoms with Crippen LogP contribution >= 0.6 is 11.3 Å². The van der Waals surface area contributed by atoms with Crippen LogP contribution in [0.3, 0.4) is 0 Å². The molecule has 10 heteroatoms. The smallest absolute Gasteiger partial charge is 0.257 e. The molecule has 0 aliphatic heterocycles. The van der Waals surface area contributed by atoms with E-state index in [0.717, 1.165) is 16.9 Å². The van der Waals surface area contributed by atoms with Crippen molar-refractivity contribution in [1.82, 2.24) is 9.97 Å². The average Bonchev–Trinajstić information content (AvgIpc) is 3.32. The summed E-state index contributed by atoms with van der Waals surface area (Å²) in [5.41, 5.74) is 1.50. The second-order valence-corrected chi connectivity index (χ2v) is 9.00. The van der Waals surface area contributed by atoms with E-state index in [1.807, 2.05) is 37.3 Å². The molecule has 0 saturated carbocycles. The summed E-state index contributed by atoms with van der Waals surface area (Å²) in [6, 6.07) is 17.7. The van der Waals surface area contributed by atoms with E-state index in [0.29, 0.717) is 52.6 Å². The van der Waals surface area contributed by atoms with Gasteiger partial charge in [-0.25, -0.2) is 9.97 Å². The minimum Gasteiger partial charge on any atom is -0.491 e. The summed E-state index contributed by atoms with van der Waals surface area (Å²) in [4.78, 5) is 20.8. The molecular weight excluding hydrogens is 497 g/mol. The van der Waals surface area contributed by atoms with Gasteiger partial charge in [-0.15, -0.1) is 0 Å². The number of hydrogen-bond acceptors (Lipinski definition) is 8. The molecule has 2 aromatic carbocycles. The van der Waals surface area contributed by atoms with Gasteiger partial charge in [-0.2, -0.15) is 4.39 Å². The van der Waals surface area contributed by atoms with Gasteiger partial charge < -0.3 is 18.9 Å². The van der Waals surface area contributed by atoms with Crippen LogP contribution in [0, 0.1) is 5.95 Å². The van der Waals surface area contributed by atoms with Crippen molar-refractivity contribution in [3.05, 3.63) is 90.1 Å². The summed E-state index contributed by atoms with van der Waals surface area (Å²) >= 11 is 1.13. The highest BCUT2D eigenvalue weighted by Gasteiger charge is 2.15. The number of halogens is 1. The van der Waals surface area contributed by atoms with Crippen LogP contribution in [0.5, 0.6) is 22.3 Å². The lowest BCUT2D eigenvalue weighted by molar-refractivity contribution is 0.102. The second kappa shape index (κ2) is 12.8. The van der Waals surface area contributed by atoms with Crippen LogP contribution < -0.4 is 19.5 Å². The number of nitrogens with zero attached hydrogens (tertiary/aromatic N) is 2. The maximum absolute atomic E-state index is 13.1. The van der Waals surface area contributed by atoms with Crippen molar-refractivity contribution in [3.63, 3.8) is 0 Å². The molecule has 0 aliphatic rings. The van der Waals surface area contributed by atoms with Gasteiger partial charge in [0.15, 0.2) is 5.13 Å². The van der Waals surface area contributed by atoms with E-state index in [4.69, 9.17) is 18.9 Å². The van der Waals surface area contributed by atoms with Crippen molar-refractivity contribution in [2.24, 2.45) is 0 Å². The molecule has 2 aromatic heterocycles. The third-order valence-corrected chi connectivity index (χ3v) is 5.82. The van der Waals surface area contributed by atoms with Crippen LogP contribution in [0.1, 0.15) is 22.8 Å². The molecule has 0 bridgehead atoms. The summed E-state index contributed by atoms with van der Waals surface area (Å²) in [5.74, 6) is 0.363. The van der Waals surface area contributed by atoms with E-state index in [-0.39, 0.29) is 12.0 Å². The molecule has 0 radical (unpaired) electrons. The molecule has 4 rings (SSSR count). The zero-order valence-corrected chi connectivity index (χ0v) is 21.2. The quantitative estimate of drug-likeness (QED) is 0.187. The number of nitrogens with one attached hydrogen (secondary N) is 1. The molecule has 4 aromatic rings. The van der Waals surface area contributed by atoms with E-state index < -0.39 is 5.95 Å². The van der Waals surface area contributed by atoms with Gasteiger partial charge in [-0.05, 0) is 36.8 Å². The largest absolute Gasteiger partial charge is 0.491 e. The van der Waals surface area contributed by atoms with Gasteiger partial charge in [0.2, 0.25) is 11.0 Å². The number of carbonyl (C=O) groups excluding carboxylic acids is 1. The molecule has 2 heterocycles. The molecule has 1 amide bonds. The van der Waals surface area contributed by atoms with Crippen molar-refractivity contribution >= 4 is 22.4 Å². The lowest BCUT2D eigenvalue weighted by Gasteiger charge is -2.17. The number of rotatable bonds is 12. The molecule has 8 nitrogen and oxygen atoms in total. The topological polar surface area (TPSA) is 91.8 Å². The number of hydrogen-bond donors (Lipinski definition) is 1. The molecule has 1 atom stereocenters. The summed E-state index contributed by atoms with van der Waals surface area (Å²) in [6.45, 7) is 2.70. The highest BCUT2D eigenvalue weighted by molar-refractivity contribution is 7.17. The predicted molar refractivity (Wildman–Crippen MR) is 138 cm³/mol. The number of pyridine rings is 1. The van der Waals surface area contributed by atoms with E-state index in [2.05, 4.69) is 15.3 Å². The SMILES string of the molecule is COCCOc1cc(O[C@@H](C)Cc2ccccc2)cc(C(=O)Nc2ncc(Oc3ccc(F)nc3)s2)c1. The maximum Gasteiger partial charge on any atom is 0.257 e. The number of ether oxygens (including phenoxy) is 4. The summed E-state index contributed by atoms with van der Waals surface area (Å²) in [6.07, 6.45) is 3.31. The Labute approximate surface area is 218 Å². The van der Waals surface area contributed by atoms with Crippen LogP contribution in [0.2, 0.25) is 0 Å². The number of amides is 1. The zero-order valence-electron chi connectivity index (χ0n) is 20.3. The van der Waals surface area contributed by atoms with Gasteiger partial charge >= 0.3 is 0 Å². The van der Waals surface area contributed by atoms with Crippen molar-refractivity contribution in [2.75, 3.05) is 25.6 Å². The molecule has 0 unspecified atom stereocenters. The highest BCUT2D eigenvalue weighted by atomic mass is 32.1. The van der Waals surface area contributed by atoms with Crippen LogP contribution in [0.25, 0.3) is 0 Å². The second-order valence-electron chi connectivity index (χ2n) is 8.01. The van der Waals surface area contributed by atoms with Gasteiger partial charge in [0, 0.05) is 25.2 Å². The number of aromatic nitrogens is 2. The number of anilines is 1. The van der Waals surface area contributed by atoms with Crippen LogP contribution in [-0.4, -0.2) is 42.3 Å². The summed E-state index contributed by atoms with van der Waals surface area (Å²) in [5, 5.41) is 3.52. The Morgan fingerprint density at radius 2 is 1.81 bits per heavy atom. The first-order valence-corrected chi connectivity index (χ1v) is 12.3. The molecule has 0 spiro atoms. The first-order valence-electron chi connectivity index (χ1n) is 11.5. The Kier molecular flexibility index (Phi) is 9.01. The van der Waals surface area contributed by atoms with E-state index >= 15 is 0 Å². The van der Waals surface area contributed by atoms with Crippen molar-refractivity contribution in [1.29, 1.82) is 0 Å². The summed E-state index contributed by atoms with van der Waals surface area (Å²) < 4.78 is 35.5. The van der Waals surface area contributed by atoms with Crippen LogP contribution in [0.4, 0.5) is 9.52 Å². The third kappa shape index (κ3) is 7.99. The molecule has 1 N–H and O–H groups in total. The fraction of sp³-hybridized carbons (Fsp3) is 0.222. The van der Waals surface area contributed by atoms with Crippen molar-refractivity contribution in [3.8, 4) is 22.3 Å². The standard InChI is InChI=1S/C27H26FN3O5S/c1-18(12-19-6-4-3-5-7-19)35-23-14-20(13-22(15-23)34-11-10-33-2)26(32)31-27-30-17-25(37-27)36-21-8-9-24(28)29-16-21/h3-9,13-18H,10-12H2,1-2H3,(H,30,31,32)/t18-/m0/s1. The molecule has 0 aliphatic carbocycles. The third-order valence-electron chi connectivity index (χ3n) is 5.03. The van der Waals surface area contributed by atoms with E-state index in [1.54, 1.807) is 25.3 Å². The predicted octanol–water partition coefficient (Wildman–Crippen LogP) is 5.76. The highest BCUT2D eigenvalue weighted by Crippen LogP contribution is 2.31. The number of carbonyl (C=O) groups is 1. The minimum absolute atomic E-state index is 0.132. The number of benzene rings is 2. The van der Waals surface area contributed by atoms with Gasteiger partial charge in [-0.1, -0.05) is 41.7 Å². The molecule has 0 saturated heterocycles. The zero-order chi connectivity index (χ0) is 26.0. The van der Waals surface area contributed by atoms with Crippen LogP contribution in [0.15, 0.2) is 73.1 Å². The van der Waals surface area contributed by atoms with E-state index in [9.17, 15) is 9.18 Å². The minimum atomic E-state index is -0.601. The Balaban J connectivity index is 1.45. The van der Waals surface area contributed by atoms with Crippen LogP contribution in [-0.2, 0) is 11.2 Å². The molecular formula is C27H26FN3O5S. The Morgan fingerprint density at radius 1 is 1.00 bits per heavy atom. The van der Waals surface area contributed by atoms with Gasteiger partial charge in [0.25, 0.3) is 5.91 Å². The maximum atomic E-state index is 13.1. The lowest BCUT2D eigenvalue weighted by Crippen LogP contribution is -2.17. The van der Waals surface area contributed by atoms with Gasteiger partial charge in [0.1, 0.15) is 23.9 Å². The monoisotopic (exact) mass is 523 g/mol. The lowest BCUT2D eigenvalue weighted by atomic mass is 10.1. The molecule has 192 valence electrons. The van der Waals surface area contributed by atoms with Gasteiger partial charge in [0.05, 0.1) is 25.1 Å².